The number of nitrogens with zero attached hydrogens (tertiary/aromatic N) is 3. The average Bonchev–Trinajstić information content (AvgIpc) is 3.40. The molecule has 4 amide bonds. The van der Waals surface area contributed by atoms with Crippen LogP contribution in [-0.2, 0) is 21.5 Å². The van der Waals surface area contributed by atoms with Gasteiger partial charge in [-0.25, -0.2) is 9.69 Å². The van der Waals surface area contributed by atoms with Gasteiger partial charge in [0.1, 0.15) is 0 Å². The number of hydrogen-bond acceptors (Lipinski definition) is 5. The molecule has 0 spiro atoms. The first-order valence-electron chi connectivity index (χ1n) is 12.9. The SMILES string of the molecule is C[C@]12C(=O)N(c3ccccc3C(=O)NCCCN3CCOCC3)C(=O)N1CCc1c2[nH]c2ccccc12. The topological polar surface area (TPSA) is 98.0 Å². The highest BCUT2D eigenvalue weighted by atomic mass is 16.5. The Balaban J connectivity index is 1.25. The Hall–Kier alpha value is -3.69. The van der Waals surface area contributed by atoms with Crippen molar-refractivity contribution in [1.29, 1.82) is 0 Å². The number of benzene rings is 2. The van der Waals surface area contributed by atoms with Gasteiger partial charge in [0.05, 0.1) is 30.2 Å². The van der Waals surface area contributed by atoms with Gasteiger partial charge in [-0.1, -0.05) is 30.3 Å². The molecule has 1 atom stereocenters. The van der Waals surface area contributed by atoms with E-state index in [0.717, 1.165) is 61.4 Å². The third kappa shape index (κ3) is 3.81. The van der Waals surface area contributed by atoms with Gasteiger partial charge in [-0.15, -0.1) is 0 Å². The van der Waals surface area contributed by atoms with Crippen molar-refractivity contribution in [2.45, 2.75) is 25.3 Å². The summed E-state index contributed by atoms with van der Waals surface area (Å²) in [6.45, 7) is 6.92. The molecule has 3 aromatic rings. The second kappa shape index (κ2) is 9.32. The monoisotopic (exact) mass is 501 g/mol. The van der Waals surface area contributed by atoms with E-state index in [-0.39, 0.29) is 11.8 Å². The Morgan fingerprint density at radius 2 is 1.81 bits per heavy atom. The maximum absolute atomic E-state index is 14.0. The third-order valence-corrected chi connectivity index (χ3v) is 7.90. The lowest BCUT2D eigenvalue weighted by Gasteiger charge is -2.35. The van der Waals surface area contributed by atoms with E-state index in [0.29, 0.717) is 30.8 Å². The number of fused-ring (bicyclic) bond motifs is 5. The molecule has 192 valence electrons. The van der Waals surface area contributed by atoms with Crippen LogP contribution < -0.4 is 10.2 Å². The third-order valence-electron chi connectivity index (χ3n) is 7.90. The van der Waals surface area contributed by atoms with Crippen LogP contribution in [-0.4, -0.2) is 78.6 Å². The van der Waals surface area contributed by atoms with Crippen LogP contribution in [0.2, 0.25) is 0 Å². The van der Waals surface area contributed by atoms with E-state index in [1.165, 1.54) is 4.90 Å². The smallest absolute Gasteiger partial charge is 0.332 e. The van der Waals surface area contributed by atoms with E-state index < -0.39 is 11.6 Å². The first-order valence-corrected chi connectivity index (χ1v) is 12.9. The normalized spacial score (nSPS) is 21.9. The second-order valence-corrected chi connectivity index (χ2v) is 10.0. The minimum absolute atomic E-state index is 0.292. The van der Waals surface area contributed by atoms with Crippen molar-refractivity contribution < 1.29 is 19.1 Å². The molecular formula is C28H31N5O4. The number of ether oxygens (including phenoxy) is 1. The summed E-state index contributed by atoms with van der Waals surface area (Å²) in [6, 6.07) is 14.4. The minimum Gasteiger partial charge on any atom is -0.379 e. The van der Waals surface area contributed by atoms with Crippen molar-refractivity contribution in [3.8, 4) is 0 Å². The molecule has 0 bridgehead atoms. The zero-order valence-electron chi connectivity index (χ0n) is 21.0. The van der Waals surface area contributed by atoms with Crippen LogP contribution in [0.5, 0.6) is 0 Å². The van der Waals surface area contributed by atoms with Gasteiger partial charge in [0.25, 0.3) is 11.8 Å². The molecule has 2 saturated heterocycles. The number of anilines is 1. The highest BCUT2D eigenvalue weighted by molar-refractivity contribution is 6.25. The van der Waals surface area contributed by atoms with Crippen molar-refractivity contribution in [1.82, 2.24) is 20.1 Å². The molecule has 6 rings (SSSR count). The van der Waals surface area contributed by atoms with E-state index >= 15 is 0 Å². The second-order valence-electron chi connectivity index (χ2n) is 10.0. The summed E-state index contributed by atoms with van der Waals surface area (Å²) in [5, 5.41) is 4.05. The Bertz CT molecular complexity index is 1380. The summed E-state index contributed by atoms with van der Waals surface area (Å²) in [6.07, 6.45) is 1.47. The average molecular weight is 502 g/mol. The molecule has 2 N–H and O–H groups in total. The molecule has 4 heterocycles. The number of imide groups is 1. The maximum atomic E-state index is 14.0. The maximum Gasteiger partial charge on any atom is 0.332 e. The summed E-state index contributed by atoms with van der Waals surface area (Å²) >= 11 is 0. The van der Waals surface area contributed by atoms with Crippen LogP contribution in [0.25, 0.3) is 10.9 Å². The Morgan fingerprint density at radius 3 is 2.65 bits per heavy atom. The summed E-state index contributed by atoms with van der Waals surface area (Å²) in [5.41, 5.74) is 2.25. The molecule has 3 aliphatic rings. The van der Waals surface area contributed by atoms with Gasteiger partial charge in [-0.3, -0.25) is 14.5 Å². The van der Waals surface area contributed by atoms with E-state index in [2.05, 4.69) is 15.2 Å². The Kier molecular flexibility index (Phi) is 5.97. The molecule has 0 radical (unpaired) electrons. The van der Waals surface area contributed by atoms with Gasteiger partial charge in [-0.05, 0) is 50.1 Å². The zero-order valence-corrected chi connectivity index (χ0v) is 21.0. The number of rotatable bonds is 6. The molecule has 2 fully saturated rings. The number of nitrogens with one attached hydrogen (secondary N) is 2. The number of carbonyl (C=O) groups excluding carboxylic acids is 3. The number of aromatic amines is 1. The molecule has 9 heteroatoms. The standard InChI is InChI=1S/C28H31N5O4/c1-28-24-20(19-7-2-4-9-22(19)30-24)11-14-32(28)27(36)33(26(28)35)23-10-5-3-8-21(23)25(34)29-12-6-13-31-15-17-37-18-16-31/h2-5,7-10,30H,6,11-18H2,1H3,(H,29,34)/t28-/m0/s1. The zero-order chi connectivity index (χ0) is 25.6. The van der Waals surface area contributed by atoms with Crippen molar-refractivity contribution in [2.75, 3.05) is 50.8 Å². The number of carbonyl (C=O) groups is 3. The van der Waals surface area contributed by atoms with Crippen molar-refractivity contribution >= 4 is 34.4 Å². The molecule has 9 nitrogen and oxygen atoms in total. The first kappa shape index (κ1) is 23.7. The van der Waals surface area contributed by atoms with E-state index in [1.807, 2.05) is 24.3 Å². The van der Waals surface area contributed by atoms with Crippen LogP contribution in [0.3, 0.4) is 0 Å². The van der Waals surface area contributed by atoms with Gasteiger partial charge in [0.15, 0.2) is 5.54 Å². The van der Waals surface area contributed by atoms with Crippen LogP contribution in [0, 0.1) is 0 Å². The summed E-state index contributed by atoms with van der Waals surface area (Å²) < 4.78 is 5.38. The minimum atomic E-state index is -1.16. The van der Waals surface area contributed by atoms with Gasteiger partial charge in [-0.2, -0.15) is 0 Å². The summed E-state index contributed by atoms with van der Waals surface area (Å²) in [5.74, 6) is -0.642. The highest BCUT2D eigenvalue weighted by Gasteiger charge is 2.59. The highest BCUT2D eigenvalue weighted by Crippen LogP contribution is 2.45. The molecule has 3 aliphatic heterocycles. The van der Waals surface area contributed by atoms with E-state index in [9.17, 15) is 14.4 Å². The van der Waals surface area contributed by atoms with Crippen molar-refractivity contribution in [3.05, 3.63) is 65.4 Å². The number of amides is 4. The number of hydrogen-bond donors (Lipinski definition) is 2. The molecule has 0 saturated carbocycles. The van der Waals surface area contributed by atoms with Crippen LogP contribution in [0.1, 0.15) is 35.0 Å². The van der Waals surface area contributed by atoms with Crippen LogP contribution >= 0.6 is 0 Å². The van der Waals surface area contributed by atoms with Gasteiger partial charge in [0, 0.05) is 37.1 Å². The lowest BCUT2D eigenvalue weighted by Crippen LogP contribution is -2.49. The Morgan fingerprint density at radius 1 is 1.05 bits per heavy atom. The van der Waals surface area contributed by atoms with E-state index in [4.69, 9.17) is 4.74 Å². The van der Waals surface area contributed by atoms with Gasteiger partial charge in [0.2, 0.25) is 0 Å². The number of para-hydroxylation sites is 2. The number of morpholine rings is 1. The van der Waals surface area contributed by atoms with Crippen LogP contribution in [0.15, 0.2) is 48.5 Å². The molecule has 37 heavy (non-hydrogen) atoms. The summed E-state index contributed by atoms with van der Waals surface area (Å²) in [7, 11) is 0. The quantitative estimate of drug-likeness (QED) is 0.400. The number of H-pyrrole nitrogens is 1. The fourth-order valence-corrected chi connectivity index (χ4v) is 5.89. The molecule has 0 unspecified atom stereocenters. The fraction of sp³-hybridized carbons (Fsp3) is 0.393. The number of aromatic nitrogens is 1. The molecule has 1 aromatic heterocycles. The number of urea groups is 1. The molecule has 2 aromatic carbocycles. The fourth-order valence-electron chi connectivity index (χ4n) is 5.89. The van der Waals surface area contributed by atoms with E-state index in [1.54, 1.807) is 36.1 Å². The predicted molar refractivity (Wildman–Crippen MR) is 140 cm³/mol. The molecule has 0 aliphatic carbocycles. The Labute approximate surface area is 215 Å². The van der Waals surface area contributed by atoms with Crippen LogP contribution in [0.4, 0.5) is 10.5 Å². The summed E-state index contributed by atoms with van der Waals surface area (Å²) in [4.78, 5) is 49.4. The van der Waals surface area contributed by atoms with Crippen molar-refractivity contribution in [3.63, 3.8) is 0 Å². The first-order chi connectivity index (χ1) is 18.0. The van der Waals surface area contributed by atoms with Crippen molar-refractivity contribution in [2.24, 2.45) is 0 Å². The lowest BCUT2D eigenvalue weighted by atomic mass is 9.87. The molecular weight excluding hydrogens is 470 g/mol. The van der Waals surface area contributed by atoms with Gasteiger partial charge >= 0.3 is 6.03 Å². The predicted octanol–water partition coefficient (Wildman–Crippen LogP) is 2.86. The van der Waals surface area contributed by atoms with Gasteiger partial charge < -0.3 is 19.9 Å². The largest absolute Gasteiger partial charge is 0.379 e. The lowest BCUT2D eigenvalue weighted by molar-refractivity contribution is -0.125.